The summed E-state index contributed by atoms with van der Waals surface area (Å²) in [4.78, 5) is 6.37. The first-order chi connectivity index (χ1) is 11.0. The Kier molecular flexibility index (Phi) is 6.84. The molecule has 0 radical (unpaired) electrons. The largest absolute Gasteiger partial charge is 0.370 e. The van der Waals surface area contributed by atoms with Crippen molar-refractivity contribution in [2.24, 2.45) is 10.7 Å². The van der Waals surface area contributed by atoms with E-state index in [9.17, 15) is 4.39 Å². The lowest BCUT2D eigenvalue weighted by atomic mass is 10.1. The van der Waals surface area contributed by atoms with Gasteiger partial charge in [0.2, 0.25) is 0 Å². The van der Waals surface area contributed by atoms with Crippen LogP contribution in [0.3, 0.4) is 0 Å². The predicted octanol–water partition coefficient (Wildman–Crippen LogP) is 3.01. The summed E-state index contributed by atoms with van der Waals surface area (Å²) in [5.41, 5.74) is 7.68. The zero-order valence-corrected chi connectivity index (χ0v) is 14.3. The lowest BCUT2D eigenvalue weighted by molar-refractivity contribution is 0.392. The van der Waals surface area contributed by atoms with Crippen LogP contribution in [0.4, 0.5) is 4.39 Å². The number of rotatable bonds is 5. The number of benzene rings is 1. The van der Waals surface area contributed by atoms with Gasteiger partial charge >= 0.3 is 0 Å². The van der Waals surface area contributed by atoms with Crippen molar-refractivity contribution in [3.05, 3.63) is 35.1 Å². The number of hydrogen-bond acceptors (Lipinski definition) is 2. The smallest absolute Gasteiger partial charge is 0.189 e. The highest BCUT2D eigenvalue weighted by molar-refractivity contribution is 5.78. The van der Waals surface area contributed by atoms with Gasteiger partial charge in [0, 0.05) is 18.2 Å². The van der Waals surface area contributed by atoms with Crippen LogP contribution in [0.15, 0.2) is 23.2 Å². The average Bonchev–Trinajstić information content (AvgIpc) is 2.76. The Morgan fingerprint density at radius 3 is 2.61 bits per heavy atom. The van der Waals surface area contributed by atoms with Crippen LogP contribution in [0, 0.1) is 5.82 Å². The van der Waals surface area contributed by atoms with Gasteiger partial charge in [-0.3, -0.25) is 0 Å². The Morgan fingerprint density at radius 2 is 1.96 bits per heavy atom. The van der Waals surface area contributed by atoms with Crippen molar-refractivity contribution in [2.75, 3.05) is 14.1 Å². The van der Waals surface area contributed by atoms with E-state index in [0.717, 1.165) is 5.56 Å². The number of hydrogen-bond donors (Lipinski definition) is 2. The highest BCUT2D eigenvalue weighted by Crippen LogP contribution is 2.17. The van der Waals surface area contributed by atoms with Crippen LogP contribution in [0.5, 0.6) is 0 Å². The maximum Gasteiger partial charge on any atom is 0.189 e. The molecule has 1 aromatic carbocycles. The summed E-state index contributed by atoms with van der Waals surface area (Å²) in [6.07, 6.45) is 7.49. The summed E-state index contributed by atoms with van der Waals surface area (Å²) in [5, 5.41) is 3.33. The van der Waals surface area contributed by atoms with Crippen molar-refractivity contribution in [2.45, 2.75) is 57.7 Å². The summed E-state index contributed by atoms with van der Waals surface area (Å²) < 4.78 is 13.8. The molecule has 23 heavy (non-hydrogen) atoms. The molecule has 0 unspecified atom stereocenters. The van der Waals surface area contributed by atoms with E-state index in [4.69, 9.17) is 5.73 Å². The lowest BCUT2D eigenvalue weighted by Crippen LogP contribution is -2.39. The molecule has 1 aliphatic carbocycles. The monoisotopic (exact) mass is 320 g/mol. The summed E-state index contributed by atoms with van der Waals surface area (Å²) in [6.45, 7) is 1.06. The fourth-order valence-electron chi connectivity index (χ4n) is 3.04. The number of nitrogens with one attached hydrogen (secondary N) is 1. The molecule has 0 saturated heterocycles. The van der Waals surface area contributed by atoms with Gasteiger partial charge in [0.25, 0.3) is 0 Å². The fraction of sp³-hybridized carbons (Fsp3) is 0.611. The predicted molar refractivity (Wildman–Crippen MR) is 93.7 cm³/mol. The van der Waals surface area contributed by atoms with Crippen molar-refractivity contribution in [3.8, 4) is 0 Å². The number of guanidine groups is 1. The highest BCUT2D eigenvalue weighted by Gasteiger charge is 2.12. The standard InChI is InChI=1S/C18H29FN4/c1-23(2)13-15-11-14(9-10-17(15)19)12-21-18(20)22-16-7-5-3-4-6-8-16/h9-11,16H,3-8,12-13H2,1-2H3,(H3,20,21,22). The van der Waals surface area contributed by atoms with E-state index in [-0.39, 0.29) is 5.82 Å². The third kappa shape index (κ3) is 6.18. The van der Waals surface area contributed by atoms with Crippen molar-refractivity contribution >= 4 is 5.96 Å². The van der Waals surface area contributed by atoms with Crippen LogP contribution >= 0.6 is 0 Å². The summed E-state index contributed by atoms with van der Waals surface area (Å²) in [7, 11) is 3.86. The molecule has 1 aromatic rings. The van der Waals surface area contributed by atoms with Crippen molar-refractivity contribution in [1.82, 2.24) is 10.2 Å². The van der Waals surface area contributed by atoms with E-state index in [1.165, 1.54) is 44.6 Å². The molecule has 0 spiro atoms. The molecular formula is C18H29FN4. The first-order valence-electron chi connectivity index (χ1n) is 8.53. The molecule has 5 heteroatoms. The molecular weight excluding hydrogens is 291 g/mol. The van der Waals surface area contributed by atoms with E-state index < -0.39 is 0 Å². The Bertz CT molecular complexity index is 520. The maximum absolute atomic E-state index is 13.8. The zero-order chi connectivity index (χ0) is 16.7. The van der Waals surface area contributed by atoms with Gasteiger partial charge in [0.15, 0.2) is 5.96 Å². The van der Waals surface area contributed by atoms with Crippen molar-refractivity contribution in [3.63, 3.8) is 0 Å². The summed E-state index contributed by atoms with van der Waals surface area (Å²) >= 11 is 0. The van der Waals surface area contributed by atoms with Gasteiger partial charge in [-0.25, -0.2) is 9.38 Å². The number of aliphatic imine (C=N–C) groups is 1. The molecule has 0 heterocycles. The van der Waals surface area contributed by atoms with Crippen LogP contribution in [0.2, 0.25) is 0 Å². The first kappa shape index (κ1) is 17.7. The molecule has 1 fully saturated rings. The van der Waals surface area contributed by atoms with E-state index in [0.29, 0.717) is 30.7 Å². The SMILES string of the molecule is CN(C)Cc1cc(CN=C(N)NC2CCCCCC2)ccc1F. The molecule has 3 N–H and O–H groups in total. The number of nitrogens with zero attached hydrogens (tertiary/aromatic N) is 2. The second-order valence-electron chi connectivity index (χ2n) is 6.70. The molecule has 0 bridgehead atoms. The minimum atomic E-state index is -0.170. The van der Waals surface area contributed by atoms with E-state index in [1.54, 1.807) is 6.07 Å². The Labute approximate surface area is 139 Å². The normalized spacial score (nSPS) is 17.3. The minimum Gasteiger partial charge on any atom is -0.370 e. The van der Waals surface area contributed by atoms with Gasteiger partial charge in [-0.1, -0.05) is 31.7 Å². The van der Waals surface area contributed by atoms with Crippen molar-refractivity contribution < 1.29 is 4.39 Å². The third-order valence-corrected chi connectivity index (χ3v) is 4.24. The molecule has 0 amide bonds. The van der Waals surface area contributed by atoms with Crippen LogP contribution in [-0.4, -0.2) is 31.0 Å². The van der Waals surface area contributed by atoms with Crippen molar-refractivity contribution in [1.29, 1.82) is 0 Å². The summed E-state index contributed by atoms with van der Waals surface area (Å²) in [5.74, 6) is 0.325. The molecule has 0 aliphatic heterocycles. The molecule has 1 aliphatic rings. The second-order valence-corrected chi connectivity index (χ2v) is 6.70. The third-order valence-electron chi connectivity index (χ3n) is 4.24. The maximum atomic E-state index is 13.8. The highest BCUT2D eigenvalue weighted by atomic mass is 19.1. The topological polar surface area (TPSA) is 53.6 Å². The average molecular weight is 320 g/mol. The van der Waals surface area contributed by atoms with Crippen LogP contribution in [-0.2, 0) is 13.1 Å². The molecule has 0 aromatic heterocycles. The second kappa shape index (κ2) is 8.87. The number of nitrogens with two attached hydrogens (primary N) is 1. The molecule has 1 saturated carbocycles. The van der Waals surface area contributed by atoms with E-state index in [2.05, 4.69) is 10.3 Å². The van der Waals surface area contributed by atoms with Gasteiger partial charge in [-0.2, -0.15) is 0 Å². The Balaban J connectivity index is 1.92. The summed E-state index contributed by atoms with van der Waals surface area (Å²) in [6, 6.07) is 5.60. The molecule has 0 atom stereocenters. The molecule has 128 valence electrons. The Hall–Kier alpha value is -1.62. The van der Waals surface area contributed by atoms with Crippen LogP contribution in [0.25, 0.3) is 0 Å². The van der Waals surface area contributed by atoms with Gasteiger partial charge in [-0.15, -0.1) is 0 Å². The molecule has 2 rings (SSSR count). The van der Waals surface area contributed by atoms with Gasteiger partial charge in [0.05, 0.1) is 6.54 Å². The quantitative estimate of drug-likeness (QED) is 0.498. The fourth-order valence-corrected chi connectivity index (χ4v) is 3.04. The number of halogens is 1. The van der Waals surface area contributed by atoms with Gasteiger partial charge in [0.1, 0.15) is 5.82 Å². The molecule has 4 nitrogen and oxygen atoms in total. The zero-order valence-electron chi connectivity index (χ0n) is 14.3. The lowest BCUT2D eigenvalue weighted by Gasteiger charge is -2.16. The van der Waals surface area contributed by atoms with E-state index in [1.807, 2.05) is 25.1 Å². The van der Waals surface area contributed by atoms with Crippen LogP contribution < -0.4 is 11.1 Å². The van der Waals surface area contributed by atoms with E-state index >= 15 is 0 Å². The van der Waals surface area contributed by atoms with Gasteiger partial charge < -0.3 is 16.0 Å². The van der Waals surface area contributed by atoms with Crippen LogP contribution in [0.1, 0.15) is 49.7 Å². The minimum absolute atomic E-state index is 0.170. The first-order valence-corrected chi connectivity index (χ1v) is 8.53. The van der Waals surface area contributed by atoms with Gasteiger partial charge in [-0.05, 0) is 44.6 Å². The Morgan fingerprint density at radius 1 is 1.26 bits per heavy atom.